The minimum absolute atomic E-state index is 0. The Morgan fingerprint density at radius 3 is 2.62 bits per heavy atom. The summed E-state index contributed by atoms with van der Waals surface area (Å²) in [7, 11) is 0. The van der Waals surface area contributed by atoms with E-state index in [1.807, 2.05) is 17.0 Å². The number of carbonyl (C=O) groups excluding carboxylic acids is 1. The number of aromatic nitrogens is 2. The average molecular weight is 417 g/mol. The van der Waals surface area contributed by atoms with Gasteiger partial charge in [-0.2, -0.15) is 4.98 Å². The maximum Gasteiger partial charge on any atom is 0.231 e. The molecule has 0 saturated carbocycles. The van der Waals surface area contributed by atoms with Crippen molar-refractivity contribution in [1.29, 1.82) is 0 Å². The summed E-state index contributed by atoms with van der Waals surface area (Å²) in [4.78, 5) is 19.0. The van der Waals surface area contributed by atoms with Gasteiger partial charge in [-0.05, 0) is 54.8 Å². The molecule has 1 aromatic heterocycles. The number of anilines is 1. The second kappa shape index (κ2) is 9.05. The van der Waals surface area contributed by atoms with Gasteiger partial charge < -0.3 is 15.2 Å². The molecule has 2 heterocycles. The molecule has 152 valence electrons. The van der Waals surface area contributed by atoms with Gasteiger partial charge in [-0.15, -0.1) is 12.4 Å². The first-order valence-electron chi connectivity index (χ1n) is 9.30. The Hall–Kier alpha value is -2.93. The quantitative estimate of drug-likeness (QED) is 0.653. The van der Waals surface area contributed by atoms with Gasteiger partial charge >= 0.3 is 0 Å². The first kappa shape index (κ1) is 20.8. The SMILES string of the molecule is Cl.Nc1ccc(CC(=O)N2CCCC(c3nc(-c4ccc(F)cc4)no3)C2)cc1. The molecule has 1 fully saturated rings. The van der Waals surface area contributed by atoms with Crippen molar-refractivity contribution in [3.8, 4) is 11.4 Å². The molecule has 29 heavy (non-hydrogen) atoms. The van der Waals surface area contributed by atoms with E-state index in [1.54, 1.807) is 24.3 Å². The molecule has 1 aliphatic rings. The first-order valence-corrected chi connectivity index (χ1v) is 9.30. The molecule has 2 N–H and O–H groups in total. The Bertz CT molecular complexity index is 960. The second-order valence-electron chi connectivity index (χ2n) is 7.06. The number of amides is 1. The number of hydrogen-bond donors (Lipinski definition) is 1. The van der Waals surface area contributed by atoms with Crippen molar-refractivity contribution in [3.05, 3.63) is 65.8 Å². The van der Waals surface area contributed by atoms with Crippen LogP contribution in [0.3, 0.4) is 0 Å². The van der Waals surface area contributed by atoms with Gasteiger partial charge in [0, 0.05) is 24.3 Å². The van der Waals surface area contributed by atoms with Crippen molar-refractivity contribution in [2.75, 3.05) is 18.8 Å². The lowest BCUT2D eigenvalue weighted by Gasteiger charge is -2.31. The normalized spacial score (nSPS) is 16.3. The third-order valence-corrected chi connectivity index (χ3v) is 5.00. The summed E-state index contributed by atoms with van der Waals surface area (Å²) < 4.78 is 18.5. The smallest absolute Gasteiger partial charge is 0.231 e. The number of carbonyl (C=O) groups is 1. The van der Waals surface area contributed by atoms with Gasteiger partial charge in [0.1, 0.15) is 5.82 Å². The summed E-state index contributed by atoms with van der Waals surface area (Å²) in [5, 5.41) is 4.01. The zero-order chi connectivity index (χ0) is 19.5. The third kappa shape index (κ3) is 4.92. The number of nitrogens with two attached hydrogens (primary N) is 1. The molecule has 8 heteroatoms. The van der Waals surface area contributed by atoms with E-state index in [0.29, 0.717) is 35.9 Å². The first-order chi connectivity index (χ1) is 13.6. The minimum atomic E-state index is -0.310. The molecule has 1 aliphatic heterocycles. The highest BCUT2D eigenvalue weighted by Crippen LogP contribution is 2.28. The van der Waals surface area contributed by atoms with Crippen molar-refractivity contribution in [2.45, 2.75) is 25.2 Å². The highest BCUT2D eigenvalue weighted by Gasteiger charge is 2.28. The van der Waals surface area contributed by atoms with Gasteiger partial charge in [0.05, 0.1) is 12.3 Å². The van der Waals surface area contributed by atoms with Gasteiger partial charge in [0.2, 0.25) is 17.6 Å². The molecule has 1 unspecified atom stereocenters. The van der Waals surface area contributed by atoms with Crippen molar-refractivity contribution >= 4 is 24.0 Å². The summed E-state index contributed by atoms with van der Waals surface area (Å²) in [6.07, 6.45) is 2.11. The maximum absolute atomic E-state index is 13.1. The van der Waals surface area contributed by atoms with E-state index in [9.17, 15) is 9.18 Å². The van der Waals surface area contributed by atoms with Gasteiger partial charge in [0.15, 0.2) is 0 Å². The highest BCUT2D eigenvalue weighted by atomic mass is 35.5. The topological polar surface area (TPSA) is 85.3 Å². The predicted molar refractivity (Wildman–Crippen MR) is 110 cm³/mol. The predicted octanol–water partition coefficient (Wildman–Crippen LogP) is 3.83. The Kier molecular flexibility index (Phi) is 6.49. The van der Waals surface area contributed by atoms with Crippen LogP contribution in [0.15, 0.2) is 53.1 Å². The summed E-state index contributed by atoms with van der Waals surface area (Å²) in [5.41, 5.74) is 8.02. The largest absolute Gasteiger partial charge is 0.399 e. The van der Waals surface area contributed by atoms with E-state index in [1.165, 1.54) is 12.1 Å². The Labute approximate surface area is 174 Å². The molecule has 0 bridgehead atoms. The van der Waals surface area contributed by atoms with Crippen LogP contribution in [0.25, 0.3) is 11.4 Å². The molecule has 0 aliphatic carbocycles. The Morgan fingerprint density at radius 2 is 1.90 bits per heavy atom. The van der Waals surface area contributed by atoms with Crippen LogP contribution in [0.2, 0.25) is 0 Å². The molecule has 1 saturated heterocycles. The fraction of sp³-hybridized carbons (Fsp3) is 0.286. The molecule has 2 aromatic carbocycles. The Balaban J connectivity index is 0.00000240. The van der Waals surface area contributed by atoms with E-state index in [2.05, 4.69) is 10.1 Å². The number of nitrogens with zero attached hydrogens (tertiary/aromatic N) is 3. The molecule has 1 atom stereocenters. The van der Waals surface area contributed by atoms with E-state index < -0.39 is 0 Å². The number of hydrogen-bond acceptors (Lipinski definition) is 5. The lowest BCUT2D eigenvalue weighted by molar-refractivity contribution is -0.131. The maximum atomic E-state index is 13.1. The van der Waals surface area contributed by atoms with E-state index in [-0.39, 0.29) is 30.0 Å². The second-order valence-corrected chi connectivity index (χ2v) is 7.06. The third-order valence-electron chi connectivity index (χ3n) is 5.00. The molecule has 6 nitrogen and oxygen atoms in total. The monoisotopic (exact) mass is 416 g/mol. The molecular formula is C21H22ClFN4O2. The van der Waals surface area contributed by atoms with E-state index in [0.717, 1.165) is 24.9 Å². The minimum Gasteiger partial charge on any atom is -0.399 e. The zero-order valence-electron chi connectivity index (χ0n) is 15.8. The van der Waals surface area contributed by atoms with Crippen molar-refractivity contribution < 1.29 is 13.7 Å². The van der Waals surface area contributed by atoms with Crippen LogP contribution in [-0.4, -0.2) is 34.0 Å². The molecule has 3 aromatic rings. The zero-order valence-corrected chi connectivity index (χ0v) is 16.6. The van der Waals surface area contributed by atoms with Crippen LogP contribution >= 0.6 is 12.4 Å². The average Bonchev–Trinajstić information content (AvgIpc) is 3.21. The van der Waals surface area contributed by atoms with Crippen molar-refractivity contribution in [2.24, 2.45) is 0 Å². The van der Waals surface area contributed by atoms with Gasteiger partial charge in [-0.3, -0.25) is 4.79 Å². The number of benzene rings is 2. The summed E-state index contributed by atoms with van der Waals surface area (Å²) in [6.45, 7) is 1.28. The fourth-order valence-electron chi connectivity index (χ4n) is 3.44. The Morgan fingerprint density at radius 1 is 1.17 bits per heavy atom. The number of piperidine rings is 1. The molecular weight excluding hydrogens is 395 g/mol. The molecule has 1 amide bonds. The molecule has 0 spiro atoms. The van der Waals surface area contributed by atoms with E-state index in [4.69, 9.17) is 10.3 Å². The number of rotatable bonds is 4. The highest BCUT2D eigenvalue weighted by molar-refractivity contribution is 5.85. The molecule has 4 rings (SSSR count). The standard InChI is InChI=1S/C21H21FN4O2.ClH/c22-17-7-5-15(6-8-17)20-24-21(28-25-20)16-2-1-11-26(13-16)19(27)12-14-3-9-18(23)10-4-14;/h3-10,16H,1-2,11-13,23H2;1H. The van der Waals surface area contributed by atoms with Crippen LogP contribution in [0.5, 0.6) is 0 Å². The summed E-state index contributed by atoms with van der Waals surface area (Å²) in [6, 6.07) is 13.3. The van der Waals surface area contributed by atoms with Gasteiger partial charge in [-0.25, -0.2) is 4.39 Å². The van der Waals surface area contributed by atoms with Crippen LogP contribution in [0.4, 0.5) is 10.1 Å². The van der Waals surface area contributed by atoms with Crippen molar-refractivity contribution in [1.82, 2.24) is 15.0 Å². The van der Waals surface area contributed by atoms with Crippen molar-refractivity contribution in [3.63, 3.8) is 0 Å². The lowest BCUT2D eigenvalue weighted by Crippen LogP contribution is -2.40. The number of nitrogen functional groups attached to an aromatic ring is 1. The summed E-state index contributed by atoms with van der Waals surface area (Å²) >= 11 is 0. The van der Waals surface area contributed by atoms with E-state index >= 15 is 0 Å². The summed E-state index contributed by atoms with van der Waals surface area (Å²) in [5.74, 6) is 0.721. The van der Waals surface area contributed by atoms with Crippen LogP contribution in [0, 0.1) is 5.82 Å². The van der Waals surface area contributed by atoms with Gasteiger partial charge in [-0.1, -0.05) is 17.3 Å². The lowest BCUT2D eigenvalue weighted by atomic mass is 9.97. The van der Waals surface area contributed by atoms with Crippen LogP contribution in [0.1, 0.15) is 30.2 Å². The molecule has 0 radical (unpaired) electrons. The van der Waals surface area contributed by atoms with Crippen LogP contribution < -0.4 is 5.73 Å². The van der Waals surface area contributed by atoms with Gasteiger partial charge in [0.25, 0.3) is 0 Å². The number of halogens is 2. The fourth-order valence-corrected chi connectivity index (χ4v) is 3.44. The number of likely N-dealkylation sites (tertiary alicyclic amines) is 1. The van der Waals surface area contributed by atoms with Crippen LogP contribution in [-0.2, 0) is 11.2 Å².